The Balaban J connectivity index is 1.95. The molecule has 2 rings (SSSR count). The van der Waals surface area contributed by atoms with E-state index in [9.17, 15) is 4.79 Å². The van der Waals surface area contributed by atoms with Crippen molar-refractivity contribution >= 4 is 17.3 Å². The Hall–Kier alpha value is -1.55. The third kappa shape index (κ3) is 3.70. The predicted octanol–water partition coefficient (Wildman–Crippen LogP) is 2.01. The summed E-state index contributed by atoms with van der Waals surface area (Å²) in [5.41, 5.74) is 3.46. The van der Waals surface area contributed by atoms with Crippen LogP contribution in [0.2, 0.25) is 0 Å². The lowest BCUT2D eigenvalue weighted by atomic mass is 10.0. The van der Waals surface area contributed by atoms with Gasteiger partial charge in [0.15, 0.2) is 0 Å². The zero-order chi connectivity index (χ0) is 13.7. The van der Waals surface area contributed by atoms with Crippen molar-refractivity contribution in [2.75, 3.05) is 37.4 Å². The molecule has 0 spiro atoms. The summed E-state index contributed by atoms with van der Waals surface area (Å²) in [6.45, 7) is 2.14. The van der Waals surface area contributed by atoms with Crippen LogP contribution in [-0.4, -0.2) is 33.1 Å². The number of nitrogens with zero attached hydrogens (tertiary/aromatic N) is 1. The molecule has 1 aliphatic heterocycles. The first-order valence-electron chi connectivity index (χ1n) is 6.99. The van der Waals surface area contributed by atoms with Gasteiger partial charge in [0.05, 0.1) is 0 Å². The van der Waals surface area contributed by atoms with Crippen molar-refractivity contribution in [3.8, 4) is 0 Å². The minimum Gasteiger partial charge on any atom is -0.375 e. The Morgan fingerprint density at radius 1 is 1.32 bits per heavy atom. The van der Waals surface area contributed by atoms with Crippen LogP contribution in [0.4, 0.5) is 11.4 Å². The van der Waals surface area contributed by atoms with Crippen LogP contribution in [0.25, 0.3) is 0 Å². The third-order valence-corrected chi connectivity index (χ3v) is 3.60. The summed E-state index contributed by atoms with van der Waals surface area (Å²) in [7, 11) is 4.12. The molecule has 0 unspecified atom stereocenters. The molecule has 2 N–H and O–H groups in total. The Kier molecular flexibility index (Phi) is 4.80. The number of anilines is 2. The fourth-order valence-electron chi connectivity index (χ4n) is 2.39. The number of carbonyl (C=O) groups is 1. The van der Waals surface area contributed by atoms with Crippen molar-refractivity contribution < 1.29 is 4.79 Å². The molecule has 0 bridgehead atoms. The molecule has 1 heterocycles. The fourth-order valence-corrected chi connectivity index (χ4v) is 2.39. The molecule has 4 nitrogen and oxygen atoms in total. The Bertz CT molecular complexity index is 445. The van der Waals surface area contributed by atoms with Crippen molar-refractivity contribution in [2.24, 2.45) is 0 Å². The van der Waals surface area contributed by atoms with Crippen molar-refractivity contribution in [2.45, 2.75) is 25.7 Å². The number of rotatable bonds is 6. The van der Waals surface area contributed by atoms with Crippen LogP contribution in [0, 0.1) is 0 Å². The van der Waals surface area contributed by atoms with Gasteiger partial charge < -0.3 is 15.5 Å². The molecule has 1 aromatic rings. The molecule has 1 aromatic carbocycles. The first kappa shape index (κ1) is 13.9. The smallest absolute Gasteiger partial charge is 0.224 e. The number of carbonyl (C=O) groups excluding carboxylic acids is 1. The minimum absolute atomic E-state index is 0.126. The first-order valence-corrected chi connectivity index (χ1v) is 6.99. The van der Waals surface area contributed by atoms with E-state index in [0.29, 0.717) is 6.42 Å². The van der Waals surface area contributed by atoms with Gasteiger partial charge in [0.25, 0.3) is 0 Å². The summed E-state index contributed by atoms with van der Waals surface area (Å²) in [6.07, 6.45) is 3.83. The maximum absolute atomic E-state index is 11.3. The van der Waals surface area contributed by atoms with Crippen LogP contribution >= 0.6 is 0 Å². The number of benzene rings is 1. The summed E-state index contributed by atoms with van der Waals surface area (Å²) in [5.74, 6) is 0.126. The lowest BCUT2D eigenvalue weighted by Gasteiger charge is -2.23. The molecule has 0 saturated heterocycles. The highest BCUT2D eigenvalue weighted by atomic mass is 16.1. The van der Waals surface area contributed by atoms with Crippen molar-refractivity contribution in [1.82, 2.24) is 5.32 Å². The number of nitrogens with one attached hydrogen (secondary N) is 2. The molecule has 0 atom stereocenters. The van der Waals surface area contributed by atoms with Gasteiger partial charge in [-0.2, -0.15) is 0 Å². The second-order valence-corrected chi connectivity index (χ2v) is 5.12. The number of unbranched alkanes of at least 4 members (excludes halogenated alkanes) is 1. The van der Waals surface area contributed by atoms with Gasteiger partial charge in [-0.25, -0.2) is 0 Å². The van der Waals surface area contributed by atoms with E-state index in [-0.39, 0.29) is 5.91 Å². The summed E-state index contributed by atoms with van der Waals surface area (Å²) >= 11 is 0. The predicted molar refractivity (Wildman–Crippen MR) is 79.8 cm³/mol. The third-order valence-electron chi connectivity index (χ3n) is 3.60. The molecule has 19 heavy (non-hydrogen) atoms. The molecular weight excluding hydrogens is 238 g/mol. The van der Waals surface area contributed by atoms with Gasteiger partial charge in [0.2, 0.25) is 5.91 Å². The van der Waals surface area contributed by atoms with Crippen LogP contribution in [0.5, 0.6) is 0 Å². The largest absolute Gasteiger partial charge is 0.375 e. The molecule has 4 heteroatoms. The molecule has 0 aliphatic carbocycles. The van der Waals surface area contributed by atoms with Crippen molar-refractivity contribution in [1.29, 1.82) is 0 Å². The number of amides is 1. The van der Waals surface area contributed by atoms with Crippen LogP contribution < -0.4 is 15.5 Å². The standard InChI is InChI=1S/C15H23N3O/c1-16-9-3-4-10-18(2)13-6-7-14-12(11-13)5-8-15(19)17-14/h6-7,11,16H,3-5,8-10H2,1-2H3,(H,17,19). The number of fused-ring (bicyclic) bond motifs is 1. The number of hydrogen-bond acceptors (Lipinski definition) is 3. The second-order valence-electron chi connectivity index (χ2n) is 5.12. The maximum atomic E-state index is 11.3. The average molecular weight is 261 g/mol. The SMILES string of the molecule is CNCCCCN(C)c1ccc2c(c1)CCC(=O)N2. The van der Waals surface area contributed by atoms with Crippen LogP contribution in [-0.2, 0) is 11.2 Å². The van der Waals surface area contributed by atoms with E-state index >= 15 is 0 Å². The molecule has 0 fully saturated rings. The monoisotopic (exact) mass is 261 g/mol. The highest BCUT2D eigenvalue weighted by Gasteiger charge is 2.15. The van der Waals surface area contributed by atoms with E-state index in [1.807, 2.05) is 13.1 Å². The highest BCUT2D eigenvalue weighted by Crippen LogP contribution is 2.27. The Morgan fingerprint density at radius 2 is 2.16 bits per heavy atom. The lowest BCUT2D eigenvalue weighted by Crippen LogP contribution is -2.22. The van der Waals surface area contributed by atoms with E-state index in [2.05, 4.69) is 34.7 Å². The van der Waals surface area contributed by atoms with Crippen LogP contribution in [0.1, 0.15) is 24.8 Å². The summed E-state index contributed by atoms with van der Waals surface area (Å²) in [5, 5.41) is 6.09. The quantitative estimate of drug-likeness (QED) is 0.770. The van der Waals surface area contributed by atoms with Crippen molar-refractivity contribution in [3.63, 3.8) is 0 Å². The Morgan fingerprint density at radius 3 is 2.95 bits per heavy atom. The summed E-state index contributed by atoms with van der Waals surface area (Å²) in [4.78, 5) is 13.6. The normalized spacial score (nSPS) is 13.9. The van der Waals surface area contributed by atoms with E-state index in [0.717, 1.165) is 25.2 Å². The van der Waals surface area contributed by atoms with E-state index in [1.54, 1.807) is 0 Å². The Labute approximate surface area is 115 Å². The molecule has 0 radical (unpaired) electrons. The van der Waals surface area contributed by atoms with Gasteiger partial charge in [0.1, 0.15) is 0 Å². The van der Waals surface area contributed by atoms with Gasteiger partial charge in [0, 0.05) is 31.4 Å². The summed E-state index contributed by atoms with van der Waals surface area (Å²) in [6, 6.07) is 6.31. The van der Waals surface area contributed by atoms with Gasteiger partial charge in [-0.15, -0.1) is 0 Å². The number of hydrogen-bond donors (Lipinski definition) is 2. The summed E-state index contributed by atoms with van der Waals surface area (Å²) < 4.78 is 0. The molecule has 104 valence electrons. The minimum atomic E-state index is 0.126. The average Bonchev–Trinajstić information content (AvgIpc) is 2.42. The van der Waals surface area contributed by atoms with Gasteiger partial charge >= 0.3 is 0 Å². The van der Waals surface area contributed by atoms with Crippen LogP contribution in [0.15, 0.2) is 18.2 Å². The molecule has 0 aromatic heterocycles. The molecular formula is C15H23N3O. The molecule has 1 amide bonds. The zero-order valence-corrected chi connectivity index (χ0v) is 11.8. The van der Waals surface area contributed by atoms with E-state index in [1.165, 1.54) is 24.1 Å². The van der Waals surface area contributed by atoms with Gasteiger partial charge in [-0.3, -0.25) is 4.79 Å². The van der Waals surface area contributed by atoms with E-state index in [4.69, 9.17) is 0 Å². The van der Waals surface area contributed by atoms with Crippen molar-refractivity contribution in [3.05, 3.63) is 23.8 Å². The molecule has 0 saturated carbocycles. The van der Waals surface area contributed by atoms with Gasteiger partial charge in [-0.1, -0.05) is 0 Å². The second kappa shape index (κ2) is 6.57. The first-order chi connectivity index (χ1) is 9.20. The number of aryl methyl sites for hydroxylation is 1. The zero-order valence-electron chi connectivity index (χ0n) is 11.8. The molecule has 1 aliphatic rings. The maximum Gasteiger partial charge on any atom is 0.224 e. The topological polar surface area (TPSA) is 44.4 Å². The fraction of sp³-hybridized carbons (Fsp3) is 0.533. The van der Waals surface area contributed by atoms with Gasteiger partial charge in [-0.05, 0) is 56.6 Å². The van der Waals surface area contributed by atoms with Crippen LogP contribution in [0.3, 0.4) is 0 Å². The van der Waals surface area contributed by atoms with E-state index < -0.39 is 0 Å². The lowest BCUT2D eigenvalue weighted by molar-refractivity contribution is -0.116. The highest BCUT2D eigenvalue weighted by molar-refractivity contribution is 5.94.